The molecular formula is C32H39ClN2O5S. The van der Waals surface area contributed by atoms with Crippen LogP contribution in [0.1, 0.15) is 79.8 Å². The van der Waals surface area contributed by atoms with Crippen molar-refractivity contribution in [2.24, 2.45) is 11.8 Å². The first-order valence-corrected chi connectivity index (χ1v) is 16.7. The number of carbonyl (C=O) groups excluding carboxylic acids is 1. The second-order valence-corrected chi connectivity index (χ2v) is 13.9. The number of fused-ring (bicyclic) bond motifs is 3. The van der Waals surface area contributed by atoms with Gasteiger partial charge in [-0.3, -0.25) is 4.79 Å². The van der Waals surface area contributed by atoms with Gasteiger partial charge in [-0.05, 0) is 106 Å². The van der Waals surface area contributed by atoms with Crippen LogP contribution in [0, 0.1) is 23.7 Å². The highest BCUT2D eigenvalue weighted by atomic mass is 35.5. The second kappa shape index (κ2) is 12.6. The number of benzene rings is 2. The first-order chi connectivity index (χ1) is 19.7. The summed E-state index contributed by atoms with van der Waals surface area (Å²) in [5, 5.41) is 12.4. The first kappa shape index (κ1) is 29.8. The van der Waals surface area contributed by atoms with E-state index in [9.17, 15) is 18.3 Å². The van der Waals surface area contributed by atoms with Gasteiger partial charge < -0.3 is 14.7 Å². The van der Waals surface area contributed by atoms with Crippen LogP contribution in [0.3, 0.4) is 0 Å². The Morgan fingerprint density at radius 2 is 1.93 bits per heavy atom. The van der Waals surface area contributed by atoms with Gasteiger partial charge in [-0.15, -0.1) is 5.92 Å². The Hall–Kier alpha value is -2.73. The summed E-state index contributed by atoms with van der Waals surface area (Å²) in [5.74, 6) is 6.19. The number of rotatable bonds is 0. The van der Waals surface area contributed by atoms with Crippen molar-refractivity contribution >= 4 is 33.2 Å². The van der Waals surface area contributed by atoms with E-state index < -0.39 is 21.5 Å². The third-order valence-corrected chi connectivity index (χ3v) is 10.3. The molecule has 0 spiro atoms. The third kappa shape index (κ3) is 7.02. The van der Waals surface area contributed by atoms with Crippen LogP contribution in [-0.2, 0) is 23.1 Å². The van der Waals surface area contributed by atoms with Gasteiger partial charge in [-0.25, -0.2) is 13.1 Å². The second-order valence-electron chi connectivity index (χ2n) is 11.6. The van der Waals surface area contributed by atoms with Crippen LogP contribution in [0.2, 0.25) is 5.02 Å². The van der Waals surface area contributed by atoms with Gasteiger partial charge in [0.1, 0.15) is 18.0 Å². The molecule has 2 aromatic rings. The van der Waals surface area contributed by atoms with Crippen molar-refractivity contribution in [2.75, 3.05) is 23.7 Å². The van der Waals surface area contributed by atoms with E-state index in [0.29, 0.717) is 49.6 Å². The van der Waals surface area contributed by atoms with Crippen LogP contribution in [0.4, 0.5) is 5.69 Å². The highest BCUT2D eigenvalue weighted by Crippen LogP contribution is 2.45. The largest absolute Gasteiger partial charge is 0.487 e. The van der Waals surface area contributed by atoms with E-state index in [2.05, 4.69) is 21.5 Å². The lowest BCUT2D eigenvalue weighted by atomic mass is 9.63. The van der Waals surface area contributed by atoms with Crippen molar-refractivity contribution in [3.05, 3.63) is 58.1 Å². The van der Waals surface area contributed by atoms with Crippen LogP contribution in [-0.4, -0.2) is 43.9 Å². The number of ether oxygens (including phenoxy) is 1. The number of aliphatic hydroxyl groups is 1. The molecule has 1 saturated carbocycles. The summed E-state index contributed by atoms with van der Waals surface area (Å²) >= 11 is 6.30. The fraction of sp³-hybridized carbons (Fsp3) is 0.531. The molecule has 1 fully saturated rings. The number of halogens is 1. The summed E-state index contributed by atoms with van der Waals surface area (Å²) in [7, 11) is -3.80. The molecule has 3 aliphatic rings. The van der Waals surface area contributed by atoms with Gasteiger partial charge in [0, 0.05) is 29.6 Å². The summed E-state index contributed by atoms with van der Waals surface area (Å²) < 4.78 is 34.1. The number of carbonyl (C=O) groups is 1. The molecular weight excluding hydrogens is 560 g/mol. The Morgan fingerprint density at radius 1 is 1.07 bits per heavy atom. The van der Waals surface area contributed by atoms with Crippen LogP contribution >= 0.6 is 11.6 Å². The van der Waals surface area contributed by atoms with Gasteiger partial charge in [0.2, 0.25) is 10.0 Å². The normalized spacial score (nSPS) is 26.8. The molecule has 2 heterocycles. The van der Waals surface area contributed by atoms with Gasteiger partial charge in [0.15, 0.2) is 0 Å². The predicted molar refractivity (Wildman–Crippen MR) is 162 cm³/mol. The van der Waals surface area contributed by atoms with E-state index >= 15 is 0 Å². The van der Waals surface area contributed by atoms with Crippen molar-refractivity contribution in [2.45, 2.75) is 76.9 Å². The number of hydrogen-bond acceptors (Lipinski definition) is 6. The number of anilines is 1. The molecule has 0 saturated heterocycles. The highest BCUT2D eigenvalue weighted by Gasteiger charge is 2.46. The molecule has 3 atom stereocenters. The number of nitrogens with one attached hydrogen (secondary N) is 1. The average molecular weight is 599 g/mol. The molecule has 2 aromatic carbocycles. The lowest BCUT2D eigenvalue weighted by Crippen LogP contribution is -2.50. The maximum absolute atomic E-state index is 13.1. The smallest absolute Gasteiger partial charge is 0.264 e. The number of sulfonamides is 1. The summed E-state index contributed by atoms with van der Waals surface area (Å²) in [6.45, 7) is 3.53. The Morgan fingerprint density at radius 3 is 2.71 bits per heavy atom. The zero-order valence-corrected chi connectivity index (χ0v) is 25.2. The van der Waals surface area contributed by atoms with Crippen molar-refractivity contribution in [3.63, 3.8) is 0 Å². The monoisotopic (exact) mass is 598 g/mol. The van der Waals surface area contributed by atoms with Crippen LogP contribution in [0.5, 0.6) is 5.75 Å². The minimum atomic E-state index is -3.80. The van der Waals surface area contributed by atoms with E-state index in [1.54, 1.807) is 25.1 Å². The minimum Gasteiger partial charge on any atom is -0.487 e. The third-order valence-electron chi connectivity index (χ3n) is 8.78. The van der Waals surface area contributed by atoms with E-state index in [4.69, 9.17) is 16.3 Å². The summed E-state index contributed by atoms with van der Waals surface area (Å²) in [6, 6.07) is 11.0. The zero-order valence-electron chi connectivity index (χ0n) is 23.6. The van der Waals surface area contributed by atoms with Crippen molar-refractivity contribution in [1.29, 1.82) is 0 Å². The Balaban J connectivity index is 1.54. The molecule has 7 nitrogen and oxygen atoms in total. The quantitative estimate of drug-likeness (QED) is 0.390. The number of hydrogen-bond donors (Lipinski definition) is 2. The topological polar surface area (TPSA) is 95.9 Å². The van der Waals surface area contributed by atoms with E-state index in [-0.39, 0.29) is 23.2 Å². The van der Waals surface area contributed by atoms with E-state index in [0.717, 1.165) is 49.9 Å². The van der Waals surface area contributed by atoms with Crippen LogP contribution < -0.4 is 14.4 Å². The summed E-state index contributed by atoms with van der Waals surface area (Å²) in [4.78, 5) is 15.4. The van der Waals surface area contributed by atoms with Gasteiger partial charge in [0.05, 0.1) is 11.4 Å². The molecule has 5 rings (SSSR count). The molecule has 2 N–H and O–H groups in total. The first-order valence-electron chi connectivity index (χ1n) is 14.7. The summed E-state index contributed by atoms with van der Waals surface area (Å²) in [5.41, 5.74) is 2.17. The molecule has 1 amide bonds. The van der Waals surface area contributed by atoms with E-state index in [1.165, 1.54) is 5.56 Å². The zero-order chi connectivity index (χ0) is 29.0. The Labute approximate surface area is 248 Å². The average Bonchev–Trinajstić information content (AvgIpc) is 2.93. The molecule has 220 valence electrons. The standard InChI is InChI=1S/C32H39ClN2O5S/c1-2-15-32(37)16-5-3-7-18-41(38,39)34-31(36)24-11-14-30-29(20-24)35(21-25-10-13-28(25)32)17-6-4-8-23-19-27(33)12-9-26(23)22-40-30/h9,11-12,14,19-20,25,28,37H,3-8,10,13,16-18,21-22H2,1H3,(H,34,36)/t25-,28+,32+/m0/s1. The fourth-order valence-corrected chi connectivity index (χ4v) is 7.73. The maximum Gasteiger partial charge on any atom is 0.264 e. The van der Waals surface area contributed by atoms with Gasteiger partial charge >= 0.3 is 0 Å². The molecule has 2 aliphatic heterocycles. The lowest BCUT2D eigenvalue weighted by molar-refractivity contribution is -0.0442. The molecule has 0 unspecified atom stereocenters. The van der Waals surface area contributed by atoms with Crippen LogP contribution in [0.25, 0.3) is 0 Å². The molecule has 41 heavy (non-hydrogen) atoms. The number of nitrogens with zero attached hydrogens (tertiary/aromatic N) is 1. The van der Waals surface area contributed by atoms with Crippen molar-refractivity contribution in [1.82, 2.24) is 4.72 Å². The number of amides is 1. The molecule has 9 heteroatoms. The van der Waals surface area contributed by atoms with Crippen LogP contribution in [0.15, 0.2) is 36.4 Å². The minimum absolute atomic E-state index is 0.0343. The lowest BCUT2D eigenvalue weighted by Gasteiger charge is -2.47. The Kier molecular flexibility index (Phi) is 9.18. The maximum atomic E-state index is 13.1. The van der Waals surface area contributed by atoms with Gasteiger partial charge in [-0.2, -0.15) is 0 Å². The van der Waals surface area contributed by atoms with Gasteiger partial charge in [0.25, 0.3) is 5.91 Å². The van der Waals surface area contributed by atoms with Crippen molar-refractivity contribution in [3.8, 4) is 17.6 Å². The Bertz CT molecular complexity index is 1450. The number of aryl methyl sites for hydroxylation is 1. The molecule has 0 radical (unpaired) electrons. The van der Waals surface area contributed by atoms with Crippen molar-refractivity contribution < 1.29 is 23.1 Å². The van der Waals surface area contributed by atoms with E-state index in [1.807, 2.05) is 18.2 Å². The summed E-state index contributed by atoms with van der Waals surface area (Å²) in [6.07, 6.45) is 6.86. The predicted octanol–water partition coefficient (Wildman–Crippen LogP) is 5.48. The highest BCUT2D eigenvalue weighted by molar-refractivity contribution is 7.90. The molecule has 0 aromatic heterocycles. The van der Waals surface area contributed by atoms with Gasteiger partial charge in [-0.1, -0.05) is 30.0 Å². The molecule has 1 aliphatic carbocycles. The fourth-order valence-electron chi connectivity index (χ4n) is 6.45. The SMILES string of the molecule is CC#C[C@@]1(O)CCCCCS(=O)(=O)NC(=O)c2ccc3c(c2)N(CCCCc2cc(Cl)ccc2CO3)C[C@@H]2CC[C@H]21. The molecule has 2 bridgehead atoms.